The summed E-state index contributed by atoms with van der Waals surface area (Å²) in [4.78, 5) is 12.3. The van der Waals surface area contributed by atoms with Gasteiger partial charge in [0.2, 0.25) is 15.9 Å². The molecule has 0 spiro atoms. The van der Waals surface area contributed by atoms with Gasteiger partial charge in [0.05, 0.1) is 12.3 Å². The summed E-state index contributed by atoms with van der Waals surface area (Å²) in [5.74, 6) is 0.0838. The van der Waals surface area contributed by atoms with E-state index in [-0.39, 0.29) is 18.2 Å². The Bertz CT molecular complexity index is 576. The van der Waals surface area contributed by atoms with E-state index in [4.69, 9.17) is 5.73 Å². The lowest BCUT2D eigenvalue weighted by atomic mass is 10.3. The smallest absolute Gasteiger partial charge is 0.235 e. The minimum atomic E-state index is -3.43. The van der Waals surface area contributed by atoms with Gasteiger partial charge in [-0.15, -0.1) is 11.8 Å². The second kappa shape index (κ2) is 8.26. The maximum atomic E-state index is 12.0. The Hall–Kier alpha value is -1.25. The van der Waals surface area contributed by atoms with Gasteiger partial charge in [0, 0.05) is 29.9 Å². The van der Waals surface area contributed by atoms with Gasteiger partial charge in [-0.3, -0.25) is 4.79 Å². The van der Waals surface area contributed by atoms with Crippen LogP contribution in [0.5, 0.6) is 0 Å². The van der Waals surface area contributed by atoms with Crippen LogP contribution < -0.4 is 11.1 Å². The number of nitrogens with one attached hydrogen (secondary N) is 1. The van der Waals surface area contributed by atoms with E-state index in [0.717, 1.165) is 9.20 Å². The van der Waals surface area contributed by atoms with Gasteiger partial charge in [0.15, 0.2) is 0 Å². The Labute approximate surface area is 130 Å². The van der Waals surface area contributed by atoms with Gasteiger partial charge in [0.1, 0.15) is 0 Å². The zero-order chi connectivity index (χ0) is 15.9. The van der Waals surface area contributed by atoms with Crippen LogP contribution in [0.25, 0.3) is 0 Å². The predicted octanol–water partition coefficient (Wildman–Crippen LogP) is 0.759. The van der Waals surface area contributed by atoms with Crippen molar-refractivity contribution in [3.63, 3.8) is 0 Å². The number of hydrogen-bond donors (Lipinski definition) is 2. The van der Waals surface area contributed by atoms with E-state index in [1.165, 1.54) is 18.8 Å². The van der Waals surface area contributed by atoms with Crippen LogP contribution in [0, 0.1) is 0 Å². The van der Waals surface area contributed by atoms with E-state index in [1.807, 2.05) is 12.1 Å². The van der Waals surface area contributed by atoms with Crippen LogP contribution in [0.15, 0.2) is 29.2 Å². The molecule has 0 aromatic heterocycles. The van der Waals surface area contributed by atoms with E-state index in [9.17, 15) is 13.2 Å². The van der Waals surface area contributed by atoms with Gasteiger partial charge in [-0.1, -0.05) is 6.07 Å². The predicted molar refractivity (Wildman–Crippen MR) is 86.7 cm³/mol. The van der Waals surface area contributed by atoms with Crippen molar-refractivity contribution in [2.75, 3.05) is 37.4 Å². The molecule has 0 aliphatic heterocycles. The van der Waals surface area contributed by atoms with Crippen LogP contribution in [0.4, 0.5) is 5.69 Å². The fourth-order valence-corrected chi connectivity index (χ4v) is 4.01. The van der Waals surface area contributed by atoms with E-state index in [0.29, 0.717) is 18.0 Å². The SMILES string of the molecule is CCNC(=O)CN(C)S(=O)(=O)CCSc1cccc(N)c1. The number of anilines is 1. The van der Waals surface area contributed by atoms with Gasteiger partial charge in [-0.25, -0.2) is 8.42 Å². The molecule has 0 saturated carbocycles. The number of nitrogen functional groups attached to an aromatic ring is 1. The average Bonchev–Trinajstić information content (AvgIpc) is 2.38. The molecule has 1 aromatic carbocycles. The molecule has 118 valence electrons. The molecule has 0 radical (unpaired) electrons. The minimum absolute atomic E-state index is 0.0254. The third-order valence-corrected chi connectivity index (χ3v) is 5.74. The van der Waals surface area contributed by atoms with Crippen LogP contribution in [-0.2, 0) is 14.8 Å². The minimum Gasteiger partial charge on any atom is -0.399 e. The number of benzene rings is 1. The quantitative estimate of drug-likeness (QED) is 0.542. The fraction of sp³-hybridized carbons (Fsp3) is 0.462. The molecule has 1 rings (SSSR count). The van der Waals surface area contributed by atoms with Crippen molar-refractivity contribution >= 4 is 33.4 Å². The van der Waals surface area contributed by atoms with Gasteiger partial charge in [-0.2, -0.15) is 4.31 Å². The second-order valence-corrected chi connectivity index (χ2v) is 7.81. The summed E-state index contributed by atoms with van der Waals surface area (Å²) >= 11 is 1.42. The molecule has 3 N–H and O–H groups in total. The van der Waals surface area contributed by atoms with Crippen molar-refractivity contribution in [3.8, 4) is 0 Å². The van der Waals surface area contributed by atoms with Crippen molar-refractivity contribution in [2.24, 2.45) is 0 Å². The zero-order valence-electron chi connectivity index (χ0n) is 12.2. The lowest BCUT2D eigenvalue weighted by Crippen LogP contribution is -2.39. The molecule has 0 aliphatic carbocycles. The van der Waals surface area contributed by atoms with Crippen molar-refractivity contribution in [1.82, 2.24) is 9.62 Å². The fourth-order valence-electron chi connectivity index (χ4n) is 1.58. The normalized spacial score (nSPS) is 11.6. The van der Waals surface area contributed by atoms with Gasteiger partial charge >= 0.3 is 0 Å². The number of carbonyl (C=O) groups is 1. The first-order valence-corrected chi connectivity index (χ1v) is 9.13. The number of nitrogens with two attached hydrogens (primary N) is 1. The highest BCUT2D eigenvalue weighted by atomic mass is 32.2. The topological polar surface area (TPSA) is 92.5 Å². The summed E-state index contributed by atoms with van der Waals surface area (Å²) in [6.07, 6.45) is 0. The lowest BCUT2D eigenvalue weighted by Gasteiger charge is -2.16. The van der Waals surface area contributed by atoms with Crippen LogP contribution in [0.3, 0.4) is 0 Å². The Morgan fingerprint density at radius 2 is 2.14 bits per heavy atom. The third kappa shape index (κ3) is 6.36. The molecule has 0 bridgehead atoms. The molecule has 21 heavy (non-hydrogen) atoms. The molecule has 0 fully saturated rings. The monoisotopic (exact) mass is 331 g/mol. The molecular weight excluding hydrogens is 310 g/mol. The van der Waals surface area contributed by atoms with E-state index < -0.39 is 10.0 Å². The summed E-state index contributed by atoms with van der Waals surface area (Å²) in [7, 11) is -2.02. The highest BCUT2D eigenvalue weighted by molar-refractivity contribution is 8.00. The van der Waals surface area contributed by atoms with Crippen LogP contribution in [-0.4, -0.2) is 50.3 Å². The van der Waals surface area contributed by atoms with Crippen LogP contribution in [0.2, 0.25) is 0 Å². The number of sulfonamides is 1. The molecule has 8 heteroatoms. The van der Waals surface area contributed by atoms with Crippen LogP contribution in [0.1, 0.15) is 6.92 Å². The first-order valence-electron chi connectivity index (χ1n) is 6.54. The maximum absolute atomic E-state index is 12.0. The van der Waals surface area contributed by atoms with E-state index in [1.54, 1.807) is 19.1 Å². The molecule has 1 amide bonds. The number of amides is 1. The Morgan fingerprint density at radius 1 is 1.43 bits per heavy atom. The Kier molecular flexibility index (Phi) is 7.00. The maximum Gasteiger partial charge on any atom is 0.235 e. The number of nitrogens with zero attached hydrogens (tertiary/aromatic N) is 1. The van der Waals surface area contributed by atoms with Crippen molar-refractivity contribution in [3.05, 3.63) is 24.3 Å². The summed E-state index contributed by atoms with van der Waals surface area (Å²) in [6.45, 7) is 2.12. The van der Waals surface area contributed by atoms with Gasteiger partial charge in [0.25, 0.3) is 0 Å². The summed E-state index contributed by atoms with van der Waals surface area (Å²) in [5.41, 5.74) is 6.31. The van der Waals surface area contributed by atoms with Gasteiger partial charge in [-0.05, 0) is 25.1 Å². The number of rotatable bonds is 8. The average molecular weight is 331 g/mol. The molecule has 0 heterocycles. The van der Waals surface area contributed by atoms with E-state index >= 15 is 0 Å². The lowest BCUT2D eigenvalue weighted by molar-refractivity contribution is -0.121. The summed E-state index contributed by atoms with van der Waals surface area (Å²) in [6, 6.07) is 7.29. The van der Waals surface area contributed by atoms with E-state index in [2.05, 4.69) is 5.32 Å². The Balaban J connectivity index is 2.47. The van der Waals surface area contributed by atoms with Crippen molar-refractivity contribution in [2.45, 2.75) is 11.8 Å². The first kappa shape index (κ1) is 17.8. The van der Waals surface area contributed by atoms with Gasteiger partial charge < -0.3 is 11.1 Å². The molecule has 0 aliphatic rings. The summed E-state index contributed by atoms with van der Waals surface area (Å²) in [5, 5.41) is 2.57. The van der Waals surface area contributed by atoms with Crippen molar-refractivity contribution < 1.29 is 13.2 Å². The first-order chi connectivity index (χ1) is 9.85. The van der Waals surface area contributed by atoms with Crippen molar-refractivity contribution in [1.29, 1.82) is 0 Å². The Morgan fingerprint density at radius 3 is 2.76 bits per heavy atom. The molecule has 6 nitrogen and oxygen atoms in total. The molecule has 0 saturated heterocycles. The molecule has 0 unspecified atom stereocenters. The zero-order valence-corrected chi connectivity index (χ0v) is 13.8. The number of hydrogen-bond acceptors (Lipinski definition) is 5. The summed E-state index contributed by atoms with van der Waals surface area (Å²) < 4.78 is 25.2. The molecular formula is C13H21N3O3S2. The molecule has 1 aromatic rings. The number of likely N-dealkylation sites (N-methyl/N-ethyl adjacent to an activating group) is 2. The third-order valence-electron chi connectivity index (χ3n) is 2.68. The number of carbonyl (C=O) groups excluding carboxylic acids is 1. The molecule has 0 atom stereocenters. The number of thioether (sulfide) groups is 1. The standard InChI is InChI=1S/C13H21N3O3S2/c1-3-15-13(17)10-16(2)21(18,19)8-7-20-12-6-4-5-11(14)9-12/h4-6,9H,3,7-8,10,14H2,1-2H3,(H,15,17). The largest absolute Gasteiger partial charge is 0.399 e. The highest BCUT2D eigenvalue weighted by Gasteiger charge is 2.19. The highest BCUT2D eigenvalue weighted by Crippen LogP contribution is 2.20. The second-order valence-electron chi connectivity index (χ2n) is 4.45. The van der Waals surface area contributed by atoms with Crippen LogP contribution >= 0.6 is 11.8 Å².